The Kier molecular flexibility index (Phi) is 6.75. The molecule has 0 bridgehead atoms. The third-order valence-corrected chi connectivity index (χ3v) is 5.34. The van der Waals surface area contributed by atoms with E-state index in [4.69, 9.17) is 4.99 Å². The molecule has 0 saturated carbocycles. The van der Waals surface area contributed by atoms with E-state index in [0.717, 1.165) is 22.4 Å². The molecule has 0 unspecified atom stereocenters. The van der Waals surface area contributed by atoms with Crippen LogP contribution in [0.4, 0.5) is 5.69 Å². The van der Waals surface area contributed by atoms with Gasteiger partial charge in [0.15, 0.2) is 0 Å². The molecule has 0 aliphatic rings. The lowest BCUT2D eigenvalue weighted by molar-refractivity contribution is 0.468. The highest BCUT2D eigenvalue weighted by Crippen LogP contribution is 2.37. The number of phenols is 1. The second-order valence-electron chi connectivity index (χ2n) is 9.76. The molecule has 0 spiro atoms. The van der Waals surface area contributed by atoms with E-state index in [2.05, 4.69) is 86.6 Å². The summed E-state index contributed by atoms with van der Waals surface area (Å²) in [4.78, 5) is 4.93. The van der Waals surface area contributed by atoms with Crippen molar-refractivity contribution in [3.05, 3.63) is 58.1 Å². The van der Waals surface area contributed by atoms with Crippen LogP contribution in [0, 0.1) is 0 Å². The number of hydrogen-bond donors (Lipinski definition) is 1. The minimum Gasteiger partial charge on any atom is -0.507 e. The molecule has 0 fully saturated rings. The second-order valence-corrected chi connectivity index (χ2v) is 9.76. The molecule has 0 atom stereocenters. The Morgan fingerprint density at radius 3 is 1.75 bits per heavy atom. The second kappa shape index (κ2) is 8.51. The van der Waals surface area contributed by atoms with E-state index in [1.54, 1.807) is 0 Å². The number of benzene rings is 2. The minimum atomic E-state index is -0.00809. The van der Waals surface area contributed by atoms with E-state index in [1.165, 1.54) is 11.1 Å². The van der Waals surface area contributed by atoms with Crippen molar-refractivity contribution in [3.8, 4) is 5.75 Å². The van der Waals surface area contributed by atoms with Gasteiger partial charge in [-0.2, -0.15) is 0 Å². The van der Waals surface area contributed by atoms with Crippen LogP contribution < -0.4 is 0 Å². The Morgan fingerprint density at radius 2 is 1.32 bits per heavy atom. The van der Waals surface area contributed by atoms with Gasteiger partial charge in [-0.3, -0.25) is 4.99 Å². The molecule has 2 aromatic rings. The maximum Gasteiger partial charge on any atom is 0.124 e. The Labute approximate surface area is 171 Å². The number of rotatable bonds is 5. The van der Waals surface area contributed by atoms with Crippen LogP contribution in [0.15, 0.2) is 35.3 Å². The van der Waals surface area contributed by atoms with E-state index in [-0.39, 0.29) is 5.41 Å². The van der Waals surface area contributed by atoms with Gasteiger partial charge < -0.3 is 5.11 Å². The van der Waals surface area contributed by atoms with Crippen LogP contribution in [0.5, 0.6) is 5.75 Å². The molecule has 2 aromatic carbocycles. The molecule has 0 aliphatic heterocycles. The molecular weight excluding hydrogens is 342 g/mol. The number of nitrogens with zero attached hydrogens (tertiary/aromatic N) is 1. The zero-order chi connectivity index (χ0) is 21.2. The van der Waals surface area contributed by atoms with Crippen LogP contribution >= 0.6 is 0 Å². The van der Waals surface area contributed by atoms with Gasteiger partial charge in [-0.15, -0.1) is 0 Å². The van der Waals surface area contributed by atoms with Gasteiger partial charge in [0, 0.05) is 11.8 Å². The highest BCUT2D eigenvalue weighted by Gasteiger charge is 2.20. The van der Waals surface area contributed by atoms with Crippen LogP contribution in [0.2, 0.25) is 0 Å². The molecule has 2 rings (SSSR count). The predicted octanol–water partition coefficient (Wildman–Crippen LogP) is 7.81. The summed E-state index contributed by atoms with van der Waals surface area (Å²) in [6.45, 7) is 19.7. The number of para-hydroxylation sites is 1. The van der Waals surface area contributed by atoms with Gasteiger partial charge >= 0.3 is 0 Å². The zero-order valence-electron chi connectivity index (χ0n) is 19.1. The fraction of sp³-hybridized carbons (Fsp3) is 0.500. The molecule has 0 radical (unpaired) electrons. The maximum absolute atomic E-state index is 10.8. The Balaban J connectivity index is 2.65. The molecule has 2 heteroatoms. The number of hydrogen-bond acceptors (Lipinski definition) is 2. The molecule has 0 heterocycles. The summed E-state index contributed by atoms with van der Waals surface area (Å²) in [7, 11) is 0. The third-order valence-electron chi connectivity index (χ3n) is 5.34. The summed E-state index contributed by atoms with van der Waals surface area (Å²) in [6.07, 6.45) is 1.87. The molecule has 0 aromatic heterocycles. The highest BCUT2D eigenvalue weighted by molar-refractivity contribution is 5.88. The molecule has 1 N–H and O–H groups in total. The van der Waals surface area contributed by atoms with Crippen LogP contribution in [0.1, 0.15) is 108 Å². The van der Waals surface area contributed by atoms with E-state index >= 15 is 0 Å². The largest absolute Gasteiger partial charge is 0.507 e. The average Bonchev–Trinajstić information content (AvgIpc) is 2.58. The normalized spacial score (nSPS) is 12.7. The minimum absolute atomic E-state index is 0.00809. The van der Waals surface area contributed by atoms with E-state index in [9.17, 15) is 5.11 Å². The summed E-state index contributed by atoms with van der Waals surface area (Å²) >= 11 is 0. The highest BCUT2D eigenvalue weighted by atomic mass is 16.3. The average molecular weight is 380 g/mol. The van der Waals surface area contributed by atoms with E-state index in [0.29, 0.717) is 23.5 Å². The van der Waals surface area contributed by atoms with Gasteiger partial charge in [-0.25, -0.2) is 0 Å². The molecule has 152 valence electrons. The Bertz CT molecular complexity index is 825. The topological polar surface area (TPSA) is 32.6 Å². The molecule has 28 heavy (non-hydrogen) atoms. The Morgan fingerprint density at radius 1 is 0.821 bits per heavy atom. The van der Waals surface area contributed by atoms with Gasteiger partial charge in [0.05, 0.1) is 5.69 Å². The summed E-state index contributed by atoms with van der Waals surface area (Å²) in [5.74, 6) is 1.41. The summed E-state index contributed by atoms with van der Waals surface area (Å²) < 4.78 is 0. The number of phenolic OH excluding ortho intramolecular Hbond substituents is 1. The van der Waals surface area contributed by atoms with Gasteiger partial charge in [-0.1, -0.05) is 86.6 Å². The fourth-order valence-electron chi connectivity index (χ4n) is 3.50. The monoisotopic (exact) mass is 379 g/mol. The fourth-order valence-corrected chi connectivity index (χ4v) is 3.50. The molecule has 2 nitrogen and oxygen atoms in total. The predicted molar refractivity (Wildman–Crippen MR) is 123 cm³/mol. The van der Waals surface area contributed by atoms with Crippen molar-refractivity contribution in [2.75, 3.05) is 0 Å². The van der Waals surface area contributed by atoms with Crippen LogP contribution in [0.3, 0.4) is 0 Å². The lowest BCUT2D eigenvalue weighted by Crippen LogP contribution is -2.12. The van der Waals surface area contributed by atoms with E-state index in [1.807, 2.05) is 12.3 Å². The molecule has 0 amide bonds. The number of aliphatic imine (C=N–C) groups is 1. The smallest absolute Gasteiger partial charge is 0.124 e. The maximum atomic E-state index is 10.8. The van der Waals surface area contributed by atoms with Crippen molar-refractivity contribution in [3.63, 3.8) is 0 Å². The Hall–Kier alpha value is -2.09. The first kappa shape index (κ1) is 22.2. The SMILES string of the molecule is CC(C)c1cc(C(C)(C)C)cc(O)c1/C=N/c1c(C(C)C)cccc1C(C)C. The first-order chi connectivity index (χ1) is 12.9. The van der Waals surface area contributed by atoms with Gasteiger partial charge in [0.25, 0.3) is 0 Å². The third kappa shape index (κ3) is 4.84. The van der Waals surface area contributed by atoms with Crippen molar-refractivity contribution in [2.24, 2.45) is 4.99 Å². The quantitative estimate of drug-likeness (QED) is 0.528. The summed E-state index contributed by atoms with van der Waals surface area (Å²) in [5, 5.41) is 10.8. The zero-order valence-corrected chi connectivity index (χ0v) is 19.1. The first-order valence-corrected chi connectivity index (χ1v) is 10.5. The van der Waals surface area contributed by atoms with Gasteiger partial charge in [0.2, 0.25) is 0 Å². The van der Waals surface area contributed by atoms with Gasteiger partial charge in [-0.05, 0) is 51.5 Å². The van der Waals surface area contributed by atoms with Crippen LogP contribution in [0.25, 0.3) is 0 Å². The first-order valence-electron chi connectivity index (χ1n) is 10.5. The van der Waals surface area contributed by atoms with Gasteiger partial charge in [0.1, 0.15) is 5.75 Å². The summed E-state index contributed by atoms with van der Waals surface area (Å²) in [6, 6.07) is 10.6. The standard InChI is InChI=1S/C26H37NO/c1-16(2)20-11-10-12-21(17(3)4)25(20)27-15-23-22(18(5)6)13-19(14-24(23)28)26(7,8)9/h10-18,28H,1-9H3/b27-15+. The van der Waals surface area contributed by atoms with Crippen LogP contribution in [-0.2, 0) is 5.41 Å². The lowest BCUT2D eigenvalue weighted by atomic mass is 9.83. The molecule has 0 saturated heterocycles. The summed E-state index contributed by atoms with van der Waals surface area (Å²) in [5.41, 5.74) is 6.65. The van der Waals surface area contributed by atoms with Crippen molar-refractivity contribution in [1.29, 1.82) is 0 Å². The van der Waals surface area contributed by atoms with Crippen molar-refractivity contribution in [2.45, 2.75) is 85.5 Å². The van der Waals surface area contributed by atoms with E-state index < -0.39 is 0 Å². The van der Waals surface area contributed by atoms with Crippen molar-refractivity contribution >= 4 is 11.9 Å². The molecule has 0 aliphatic carbocycles. The number of aromatic hydroxyl groups is 1. The molecular formula is C26H37NO. The van der Waals surface area contributed by atoms with Crippen molar-refractivity contribution in [1.82, 2.24) is 0 Å². The van der Waals surface area contributed by atoms with Crippen molar-refractivity contribution < 1.29 is 5.11 Å². The lowest BCUT2D eigenvalue weighted by Gasteiger charge is -2.23. The van der Waals surface area contributed by atoms with Crippen LogP contribution in [-0.4, -0.2) is 11.3 Å².